The summed E-state index contributed by atoms with van der Waals surface area (Å²) in [6, 6.07) is 8.59. The summed E-state index contributed by atoms with van der Waals surface area (Å²) in [5, 5.41) is 0. The average Bonchev–Trinajstić information content (AvgIpc) is 3.01. The van der Waals surface area contributed by atoms with Crippen LogP contribution in [0.1, 0.15) is 28.1 Å². The van der Waals surface area contributed by atoms with Crippen molar-refractivity contribution in [2.75, 3.05) is 6.54 Å². The van der Waals surface area contributed by atoms with E-state index in [4.69, 9.17) is 12.2 Å². The molecule has 1 amide bonds. The van der Waals surface area contributed by atoms with Crippen molar-refractivity contribution in [2.24, 2.45) is 0 Å². The second-order valence-electron chi connectivity index (χ2n) is 6.53. The number of rotatable bonds is 4. The smallest absolute Gasteiger partial charge is 0.266 e. The van der Waals surface area contributed by atoms with Crippen LogP contribution in [-0.4, -0.2) is 26.2 Å². The first-order valence-corrected chi connectivity index (χ1v) is 9.68. The quantitative estimate of drug-likeness (QED) is 0.418. The highest BCUT2D eigenvalue weighted by Gasteiger charge is 2.31. The first-order chi connectivity index (χ1) is 12.3. The average molecular weight is 383 g/mol. The number of aryl methyl sites for hydroxylation is 3. The van der Waals surface area contributed by atoms with Crippen molar-refractivity contribution in [3.8, 4) is 5.69 Å². The van der Waals surface area contributed by atoms with E-state index >= 15 is 0 Å². The van der Waals surface area contributed by atoms with Gasteiger partial charge in [-0.2, -0.15) is 0 Å². The van der Waals surface area contributed by atoms with Crippen molar-refractivity contribution in [2.45, 2.75) is 27.7 Å². The van der Waals surface area contributed by atoms with E-state index in [2.05, 4.69) is 63.1 Å². The molecule has 0 unspecified atom stereocenters. The van der Waals surface area contributed by atoms with Crippen LogP contribution >= 0.6 is 24.0 Å². The lowest BCUT2D eigenvalue weighted by atomic mass is 10.1. The van der Waals surface area contributed by atoms with Crippen molar-refractivity contribution in [3.63, 3.8) is 0 Å². The molecule has 0 atom stereocenters. The topological polar surface area (TPSA) is 25.2 Å². The van der Waals surface area contributed by atoms with E-state index in [1.807, 2.05) is 6.08 Å². The number of hydrogen-bond donors (Lipinski definition) is 0. The molecule has 1 aromatic heterocycles. The molecule has 3 nitrogen and oxygen atoms in total. The molecule has 0 radical (unpaired) electrons. The summed E-state index contributed by atoms with van der Waals surface area (Å²) in [4.78, 5) is 14.8. The number of thioether (sulfide) groups is 1. The van der Waals surface area contributed by atoms with Crippen LogP contribution in [0.2, 0.25) is 0 Å². The Kier molecular flexibility index (Phi) is 5.21. The number of nitrogens with zero attached hydrogens (tertiary/aromatic N) is 2. The second-order valence-corrected chi connectivity index (χ2v) is 8.21. The van der Waals surface area contributed by atoms with Gasteiger partial charge in [0, 0.05) is 23.6 Å². The summed E-state index contributed by atoms with van der Waals surface area (Å²) < 4.78 is 2.84. The molecule has 2 heterocycles. The van der Waals surface area contributed by atoms with E-state index < -0.39 is 0 Å². The van der Waals surface area contributed by atoms with Crippen LogP contribution in [0.25, 0.3) is 11.8 Å². The van der Waals surface area contributed by atoms with Gasteiger partial charge in [0.1, 0.15) is 4.32 Å². The first kappa shape index (κ1) is 18.7. The lowest BCUT2D eigenvalue weighted by Crippen LogP contribution is -2.27. The van der Waals surface area contributed by atoms with Crippen molar-refractivity contribution in [3.05, 3.63) is 69.9 Å². The fourth-order valence-electron chi connectivity index (χ4n) is 3.19. The second kappa shape index (κ2) is 7.25. The summed E-state index contributed by atoms with van der Waals surface area (Å²) in [6.07, 6.45) is 3.65. The van der Waals surface area contributed by atoms with Gasteiger partial charge in [-0.25, -0.2) is 0 Å². The van der Waals surface area contributed by atoms with Crippen LogP contribution in [0.15, 0.2) is 41.8 Å². The van der Waals surface area contributed by atoms with Gasteiger partial charge in [-0.1, -0.05) is 42.2 Å². The molecule has 1 aliphatic rings. The molecule has 2 aromatic rings. The van der Waals surface area contributed by atoms with E-state index in [1.54, 1.807) is 11.0 Å². The molecule has 134 valence electrons. The number of amides is 1. The Hall–Kier alpha value is -2.11. The maximum atomic E-state index is 12.6. The van der Waals surface area contributed by atoms with Crippen LogP contribution in [0.4, 0.5) is 0 Å². The summed E-state index contributed by atoms with van der Waals surface area (Å²) in [6.45, 7) is 12.5. The third-order valence-electron chi connectivity index (χ3n) is 4.55. The monoisotopic (exact) mass is 382 g/mol. The fourth-order valence-corrected chi connectivity index (χ4v) is 4.46. The SMILES string of the molecule is C=CCN1C(=O)/C(=C/c2cc(C)n(-c3cc(C)ccc3C)c2C)SC1=S. The minimum absolute atomic E-state index is 0.0450. The number of benzene rings is 1. The van der Waals surface area contributed by atoms with Crippen molar-refractivity contribution in [1.29, 1.82) is 0 Å². The highest BCUT2D eigenvalue weighted by Crippen LogP contribution is 2.34. The summed E-state index contributed by atoms with van der Waals surface area (Å²) in [5.41, 5.74) is 6.93. The molecule has 3 rings (SSSR count). The molecule has 0 N–H and O–H groups in total. The zero-order chi connectivity index (χ0) is 19.0. The summed E-state index contributed by atoms with van der Waals surface area (Å²) in [5.74, 6) is -0.0450. The van der Waals surface area contributed by atoms with Gasteiger partial charge in [0.05, 0.1) is 4.91 Å². The molecule has 1 aliphatic heterocycles. The highest BCUT2D eigenvalue weighted by molar-refractivity contribution is 8.26. The molecule has 0 bridgehead atoms. The largest absolute Gasteiger partial charge is 0.318 e. The molecular weight excluding hydrogens is 360 g/mol. The van der Waals surface area contributed by atoms with Crippen LogP contribution in [-0.2, 0) is 4.79 Å². The van der Waals surface area contributed by atoms with Crippen LogP contribution in [0.5, 0.6) is 0 Å². The van der Waals surface area contributed by atoms with E-state index in [1.165, 1.54) is 28.6 Å². The van der Waals surface area contributed by atoms with Gasteiger partial charge in [0.25, 0.3) is 5.91 Å². The maximum absolute atomic E-state index is 12.6. The predicted molar refractivity (Wildman–Crippen MR) is 115 cm³/mol. The van der Waals surface area contributed by atoms with Gasteiger partial charge in [-0.05, 0) is 62.6 Å². The molecule has 0 spiro atoms. The van der Waals surface area contributed by atoms with Crippen LogP contribution in [0.3, 0.4) is 0 Å². The minimum atomic E-state index is -0.0450. The Balaban J connectivity index is 2.04. The Morgan fingerprint density at radius 1 is 1.19 bits per heavy atom. The van der Waals surface area contributed by atoms with Crippen molar-refractivity contribution >= 4 is 40.3 Å². The molecule has 1 aromatic carbocycles. The standard InChI is InChI=1S/C21H22N2OS2/c1-6-9-22-20(24)19(26-21(22)25)12-17-11-15(4)23(16(17)5)18-10-13(2)7-8-14(18)3/h6-8,10-12H,1,9H2,2-5H3/b19-12-. The molecule has 0 saturated carbocycles. The third-order valence-corrected chi connectivity index (χ3v) is 5.93. The molecule has 1 fully saturated rings. The number of carbonyl (C=O) groups is 1. The van der Waals surface area contributed by atoms with Gasteiger partial charge in [-0.15, -0.1) is 6.58 Å². The van der Waals surface area contributed by atoms with Gasteiger partial charge < -0.3 is 4.57 Å². The summed E-state index contributed by atoms with van der Waals surface area (Å²) >= 11 is 6.68. The highest BCUT2D eigenvalue weighted by atomic mass is 32.2. The lowest BCUT2D eigenvalue weighted by Gasteiger charge is -2.13. The van der Waals surface area contributed by atoms with Gasteiger partial charge in [0.15, 0.2) is 0 Å². The maximum Gasteiger partial charge on any atom is 0.266 e. The van der Waals surface area contributed by atoms with Crippen LogP contribution in [0, 0.1) is 27.7 Å². The Morgan fingerprint density at radius 2 is 1.92 bits per heavy atom. The third kappa shape index (κ3) is 3.29. The molecular formula is C21H22N2OS2. The Bertz CT molecular complexity index is 953. The lowest BCUT2D eigenvalue weighted by molar-refractivity contribution is -0.121. The zero-order valence-electron chi connectivity index (χ0n) is 15.5. The normalized spacial score (nSPS) is 16.0. The van der Waals surface area contributed by atoms with Gasteiger partial charge >= 0.3 is 0 Å². The van der Waals surface area contributed by atoms with Gasteiger partial charge in [0.2, 0.25) is 0 Å². The summed E-state index contributed by atoms with van der Waals surface area (Å²) in [7, 11) is 0. The van der Waals surface area contributed by atoms with E-state index in [0.29, 0.717) is 15.8 Å². The molecule has 5 heteroatoms. The molecule has 1 saturated heterocycles. The number of hydrogen-bond acceptors (Lipinski definition) is 3. The minimum Gasteiger partial charge on any atom is -0.318 e. The van der Waals surface area contributed by atoms with Gasteiger partial charge in [-0.3, -0.25) is 9.69 Å². The zero-order valence-corrected chi connectivity index (χ0v) is 17.1. The van der Waals surface area contributed by atoms with E-state index in [9.17, 15) is 4.79 Å². The Morgan fingerprint density at radius 3 is 2.62 bits per heavy atom. The van der Waals surface area contributed by atoms with E-state index in [-0.39, 0.29) is 5.91 Å². The number of aromatic nitrogens is 1. The molecule has 0 aliphatic carbocycles. The number of thiocarbonyl (C=S) groups is 1. The van der Waals surface area contributed by atoms with Crippen molar-refractivity contribution < 1.29 is 4.79 Å². The number of carbonyl (C=O) groups excluding carboxylic acids is 1. The Labute approximate surface area is 164 Å². The first-order valence-electron chi connectivity index (χ1n) is 8.46. The fraction of sp³-hybridized carbons (Fsp3) is 0.238. The van der Waals surface area contributed by atoms with Crippen LogP contribution < -0.4 is 0 Å². The predicted octanol–water partition coefficient (Wildman–Crippen LogP) is 5.10. The van der Waals surface area contributed by atoms with E-state index in [0.717, 1.165) is 17.0 Å². The molecule has 26 heavy (non-hydrogen) atoms. The van der Waals surface area contributed by atoms with Crippen molar-refractivity contribution in [1.82, 2.24) is 9.47 Å².